The Morgan fingerprint density at radius 1 is 1.00 bits per heavy atom. The second-order valence-corrected chi connectivity index (χ2v) is 9.67. The van der Waals surface area contributed by atoms with E-state index in [1.54, 1.807) is 33.2 Å². The van der Waals surface area contributed by atoms with Gasteiger partial charge < -0.3 is 50.6 Å². The highest BCUT2D eigenvalue weighted by Crippen LogP contribution is 2.46. The lowest BCUT2D eigenvalue weighted by Gasteiger charge is -2.60. The van der Waals surface area contributed by atoms with Crippen LogP contribution in [-0.4, -0.2) is 101 Å². The summed E-state index contributed by atoms with van der Waals surface area (Å²) in [7, 11) is 3.28. The van der Waals surface area contributed by atoms with Gasteiger partial charge in [0.1, 0.15) is 23.9 Å². The molecule has 0 spiro atoms. The molecule has 10 atom stereocenters. The molecule has 186 valence electrons. The number of ether oxygens (including phenoxy) is 3. The molecular weight excluding hydrogens is 454 g/mol. The van der Waals surface area contributed by atoms with E-state index in [4.69, 9.17) is 25.8 Å². The van der Waals surface area contributed by atoms with Gasteiger partial charge in [-0.15, -0.1) is 0 Å². The maximum Gasteiger partial charge on any atom is 0.249 e. The van der Waals surface area contributed by atoms with Crippen molar-refractivity contribution in [2.45, 2.75) is 80.2 Å². The van der Waals surface area contributed by atoms with Crippen LogP contribution >= 0.6 is 11.6 Å². The summed E-state index contributed by atoms with van der Waals surface area (Å²) in [4.78, 5) is 0. The van der Waals surface area contributed by atoms with Crippen LogP contribution in [0, 0.1) is 0 Å². The molecule has 1 aromatic carbocycles. The van der Waals surface area contributed by atoms with Crippen LogP contribution in [0.4, 0.5) is 0 Å². The number of likely N-dealkylation sites (N-methyl/N-ethyl adjacent to an activating group) is 2. The van der Waals surface area contributed by atoms with E-state index in [2.05, 4.69) is 16.0 Å². The zero-order valence-corrected chi connectivity index (χ0v) is 19.7. The predicted octanol–water partition coefficient (Wildman–Crippen LogP) is -1.32. The molecule has 2 aliphatic heterocycles. The van der Waals surface area contributed by atoms with Gasteiger partial charge in [0, 0.05) is 24.5 Å². The van der Waals surface area contributed by atoms with Crippen molar-refractivity contribution in [1.82, 2.24) is 16.0 Å². The van der Waals surface area contributed by atoms with Crippen LogP contribution in [0.2, 0.25) is 5.02 Å². The van der Waals surface area contributed by atoms with E-state index < -0.39 is 60.3 Å². The molecule has 4 rings (SSSR count). The Labute approximate surface area is 198 Å². The molecule has 0 aromatic heterocycles. The highest BCUT2D eigenvalue weighted by atomic mass is 35.5. The molecule has 7 N–H and O–H groups in total. The molecule has 10 nitrogen and oxygen atoms in total. The predicted molar refractivity (Wildman–Crippen MR) is 119 cm³/mol. The Morgan fingerprint density at radius 3 is 2.30 bits per heavy atom. The maximum absolute atomic E-state index is 11.6. The topological polar surface area (TPSA) is 145 Å². The van der Waals surface area contributed by atoms with Crippen LogP contribution < -0.4 is 16.0 Å². The lowest BCUT2D eigenvalue weighted by Crippen LogP contribution is -2.81. The van der Waals surface area contributed by atoms with Gasteiger partial charge in [0.15, 0.2) is 0 Å². The Morgan fingerprint density at radius 2 is 1.67 bits per heavy atom. The third-order valence-corrected chi connectivity index (χ3v) is 7.26. The van der Waals surface area contributed by atoms with Gasteiger partial charge in [0.2, 0.25) is 12.1 Å². The quantitative estimate of drug-likeness (QED) is 0.258. The number of halogens is 1. The summed E-state index contributed by atoms with van der Waals surface area (Å²) in [5, 5.41) is 54.5. The Hall–Kier alpha value is -0.890. The van der Waals surface area contributed by atoms with Gasteiger partial charge in [-0.2, -0.15) is 0 Å². The van der Waals surface area contributed by atoms with Crippen LogP contribution in [-0.2, 0) is 20.8 Å². The number of benzene rings is 1. The number of aliphatic hydroxyl groups excluding tert-OH is 2. The van der Waals surface area contributed by atoms with Gasteiger partial charge in [-0.3, -0.25) is 0 Å². The minimum absolute atomic E-state index is 0.00839. The Kier molecular flexibility index (Phi) is 7.36. The van der Waals surface area contributed by atoms with Gasteiger partial charge in [-0.05, 0) is 38.7 Å². The van der Waals surface area contributed by atoms with Gasteiger partial charge in [-0.1, -0.05) is 23.7 Å². The summed E-state index contributed by atoms with van der Waals surface area (Å²) in [6.07, 6.45) is -5.67. The van der Waals surface area contributed by atoms with Gasteiger partial charge >= 0.3 is 0 Å². The smallest absolute Gasteiger partial charge is 0.249 e. The van der Waals surface area contributed by atoms with Crippen LogP contribution in [0.1, 0.15) is 18.9 Å². The van der Waals surface area contributed by atoms with Crippen molar-refractivity contribution in [3.05, 3.63) is 34.9 Å². The fourth-order valence-electron chi connectivity index (χ4n) is 5.24. The molecule has 1 saturated carbocycles. The number of rotatable bonds is 6. The molecule has 1 aromatic rings. The van der Waals surface area contributed by atoms with Crippen LogP contribution in [0.5, 0.6) is 0 Å². The molecule has 33 heavy (non-hydrogen) atoms. The van der Waals surface area contributed by atoms with Crippen molar-refractivity contribution >= 4 is 11.6 Å². The van der Waals surface area contributed by atoms with E-state index in [0.717, 1.165) is 5.56 Å². The molecule has 10 unspecified atom stereocenters. The van der Waals surface area contributed by atoms with E-state index in [1.807, 2.05) is 12.1 Å². The first kappa shape index (κ1) is 25.2. The summed E-state index contributed by atoms with van der Waals surface area (Å²) in [5.41, 5.74) is -0.805. The van der Waals surface area contributed by atoms with Crippen molar-refractivity contribution < 1.29 is 34.6 Å². The molecule has 0 bridgehead atoms. The minimum atomic E-state index is -2.23. The highest BCUT2D eigenvalue weighted by Gasteiger charge is 2.68. The fourth-order valence-corrected chi connectivity index (χ4v) is 5.37. The highest BCUT2D eigenvalue weighted by molar-refractivity contribution is 6.30. The summed E-state index contributed by atoms with van der Waals surface area (Å²) in [6.45, 7) is 2.20. The summed E-state index contributed by atoms with van der Waals surface area (Å²) in [5.74, 6) is -2.23. The summed E-state index contributed by atoms with van der Waals surface area (Å²) >= 11 is 5.94. The summed E-state index contributed by atoms with van der Waals surface area (Å²) < 4.78 is 17.9. The Bertz CT molecular complexity index is 820. The monoisotopic (exact) mass is 487 g/mol. The SMILES string of the molecule is CNC1C(O)C(NC)C2OC3(O)C(OC(C)CC3(O)CNCc3ccc(Cl)cc3)OC2C1O. The van der Waals surface area contributed by atoms with Gasteiger partial charge in [0.25, 0.3) is 0 Å². The van der Waals surface area contributed by atoms with Crippen LogP contribution in [0.3, 0.4) is 0 Å². The normalized spacial score (nSPS) is 45.3. The number of nitrogens with one attached hydrogen (secondary N) is 3. The maximum atomic E-state index is 11.6. The van der Waals surface area contributed by atoms with E-state index in [9.17, 15) is 20.4 Å². The molecule has 2 heterocycles. The number of aliphatic hydroxyl groups is 4. The van der Waals surface area contributed by atoms with Crippen LogP contribution in [0.15, 0.2) is 24.3 Å². The first-order valence-corrected chi connectivity index (χ1v) is 11.6. The van der Waals surface area contributed by atoms with Gasteiger partial charge in [-0.25, -0.2) is 0 Å². The Balaban J connectivity index is 1.56. The average Bonchev–Trinajstić information content (AvgIpc) is 2.76. The molecule has 11 heteroatoms. The molecule has 1 aliphatic carbocycles. The first-order valence-electron chi connectivity index (χ1n) is 11.2. The van der Waals surface area contributed by atoms with Gasteiger partial charge in [0.05, 0.1) is 24.3 Å². The third-order valence-electron chi connectivity index (χ3n) is 7.01. The largest absolute Gasteiger partial charge is 0.390 e. The first-order chi connectivity index (χ1) is 15.6. The van der Waals surface area contributed by atoms with Crippen molar-refractivity contribution in [2.75, 3.05) is 20.6 Å². The molecule has 2 saturated heterocycles. The second-order valence-electron chi connectivity index (χ2n) is 9.23. The standard InChI is InChI=1S/C22H34ClN3O7/c1-11-8-21(29,10-26-9-12-4-6-13(23)7-5-12)22(30)20(31-11)32-19-17(28)14(24-2)16(27)15(25-3)18(19)33-22/h4-7,11,14-20,24-30H,8-10H2,1-3H3. The zero-order valence-electron chi connectivity index (χ0n) is 18.9. The molecule has 0 amide bonds. The number of hydrogen-bond donors (Lipinski definition) is 7. The lowest BCUT2D eigenvalue weighted by molar-refractivity contribution is -0.482. The molecular formula is C22H34ClN3O7. The van der Waals surface area contributed by atoms with Crippen molar-refractivity contribution in [3.63, 3.8) is 0 Å². The summed E-state index contributed by atoms with van der Waals surface area (Å²) in [6, 6.07) is 5.94. The van der Waals surface area contributed by atoms with E-state index in [1.165, 1.54) is 0 Å². The number of fused-ring (bicyclic) bond motifs is 2. The zero-order chi connectivity index (χ0) is 24.0. The molecule has 3 fully saturated rings. The fraction of sp³-hybridized carbons (Fsp3) is 0.727. The molecule has 0 radical (unpaired) electrons. The van der Waals surface area contributed by atoms with Crippen molar-refractivity contribution in [1.29, 1.82) is 0 Å². The third kappa shape index (κ3) is 4.43. The lowest BCUT2D eigenvalue weighted by atomic mass is 9.77. The van der Waals surface area contributed by atoms with Crippen molar-refractivity contribution in [2.24, 2.45) is 0 Å². The molecule has 3 aliphatic rings. The van der Waals surface area contributed by atoms with E-state index in [-0.39, 0.29) is 13.0 Å². The minimum Gasteiger partial charge on any atom is -0.390 e. The van der Waals surface area contributed by atoms with Crippen LogP contribution in [0.25, 0.3) is 0 Å². The average molecular weight is 488 g/mol. The van der Waals surface area contributed by atoms with E-state index in [0.29, 0.717) is 11.6 Å². The number of hydrogen-bond acceptors (Lipinski definition) is 10. The van der Waals surface area contributed by atoms with Crippen molar-refractivity contribution in [3.8, 4) is 0 Å². The van der Waals surface area contributed by atoms with E-state index >= 15 is 0 Å². The second kappa shape index (κ2) is 9.63.